The molecule has 32 heavy (non-hydrogen) atoms. The molecule has 2 aromatic carbocycles. The van der Waals surface area contributed by atoms with E-state index in [1.165, 1.54) is 0 Å². The molecule has 4 rings (SSSR count). The number of nitrogens with zero attached hydrogens (tertiary/aromatic N) is 4. The summed E-state index contributed by atoms with van der Waals surface area (Å²) in [6, 6.07) is 15.8. The molecule has 0 unspecified atom stereocenters. The maximum absolute atomic E-state index is 13.4. The highest BCUT2D eigenvalue weighted by Crippen LogP contribution is 2.39. The minimum Gasteiger partial charge on any atom is -0.368 e. The molecule has 1 amide bonds. The fraction of sp³-hybridized carbons (Fsp3) is 0.273. The number of aromatic nitrogens is 2. The molecule has 5 nitrogen and oxygen atoms in total. The average Bonchev–Trinajstić information content (AvgIpc) is 3.11. The minimum absolute atomic E-state index is 0.0766. The third kappa shape index (κ3) is 4.71. The lowest BCUT2D eigenvalue weighted by atomic mass is 10.1. The van der Waals surface area contributed by atoms with Gasteiger partial charge in [0, 0.05) is 42.5 Å². The van der Waals surface area contributed by atoms with Crippen molar-refractivity contribution in [3.63, 3.8) is 0 Å². The highest BCUT2D eigenvalue weighted by Gasteiger charge is 2.39. The highest BCUT2D eigenvalue weighted by atomic mass is 35.5. The van der Waals surface area contributed by atoms with Gasteiger partial charge >= 0.3 is 6.18 Å². The molecule has 168 valence electrons. The number of anilines is 1. The van der Waals surface area contributed by atoms with Crippen LogP contribution in [0.3, 0.4) is 0 Å². The number of amides is 1. The molecule has 3 aromatic rings. The van der Waals surface area contributed by atoms with Crippen molar-refractivity contribution in [3.8, 4) is 11.3 Å². The molecule has 0 radical (unpaired) electrons. The van der Waals surface area contributed by atoms with Crippen molar-refractivity contribution >= 4 is 34.8 Å². The summed E-state index contributed by atoms with van der Waals surface area (Å²) in [6.45, 7) is 1.77. The van der Waals surface area contributed by atoms with E-state index in [0.29, 0.717) is 36.8 Å². The van der Waals surface area contributed by atoms with Gasteiger partial charge in [-0.2, -0.15) is 18.3 Å². The Hall–Kier alpha value is -2.71. The number of hydrogen-bond donors (Lipinski definition) is 0. The van der Waals surface area contributed by atoms with Crippen LogP contribution in [-0.2, 0) is 17.5 Å². The normalized spacial score (nSPS) is 14.7. The van der Waals surface area contributed by atoms with Crippen LogP contribution in [-0.4, -0.2) is 46.8 Å². The molecular weight excluding hydrogens is 464 g/mol. The fourth-order valence-electron chi connectivity index (χ4n) is 3.70. The van der Waals surface area contributed by atoms with Crippen LogP contribution in [0.1, 0.15) is 5.69 Å². The SMILES string of the molecule is O=C(Cn1nc(C(F)(F)F)c(Cl)c1-c1ccccc1)N1CCN(c2ccc(Cl)cc2)CC1. The first kappa shape index (κ1) is 22.5. The molecule has 1 saturated heterocycles. The van der Waals surface area contributed by atoms with Gasteiger partial charge in [-0.25, -0.2) is 0 Å². The molecule has 2 heterocycles. The molecule has 0 atom stereocenters. The van der Waals surface area contributed by atoms with Gasteiger partial charge in [-0.1, -0.05) is 53.5 Å². The van der Waals surface area contributed by atoms with E-state index < -0.39 is 16.9 Å². The zero-order chi connectivity index (χ0) is 22.9. The van der Waals surface area contributed by atoms with E-state index in [2.05, 4.69) is 10.00 Å². The van der Waals surface area contributed by atoms with E-state index in [1.807, 2.05) is 12.1 Å². The molecule has 1 aromatic heterocycles. The van der Waals surface area contributed by atoms with E-state index in [0.717, 1.165) is 10.4 Å². The first-order valence-corrected chi connectivity index (χ1v) is 10.7. The van der Waals surface area contributed by atoms with Crippen molar-refractivity contribution in [3.05, 3.63) is 70.3 Å². The number of hydrogen-bond acceptors (Lipinski definition) is 3. The second kappa shape index (κ2) is 9.03. The number of piperazine rings is 1. The number of benzene rings is 2. The maximum Gasteiger partial charge on any atom is 0.436 e. The average molecular weight is 483 g/mol. The molecule has 1 fully saturated rings. The summed E-state index contributed by atoms with van der Waals surface area (Å²) in [5.74, 6) is -0.314. The Kier molecular flexibility index (Phi) is 6.35. The summed E-state index contributed by atoms with van der Waals surface area (Å²) in [4.78, 5) is 16.7. The zero-order valence-corrected chi connectivity index (χ0v) is 18.3. The lowest BCUT2D eigenvalue weighted by Crippen LogP contribution is -2.49. The summed E-state index contributed by atoms with van der Waals surface area (Å²) >= 11 is 12.0. The lowest BCUT2D eigenvalue weighted by Gasteiger charge is -2.36. The van der Waals surface area contributed by atoms with Crippen LogP contribution in [0.15, 0.2) is 54.6 Å². The van der Waals surface area contributed by atoms with Crippen molar-refractivity contribution in [1.29, 1.82) is 0 Å². The number of alkyl halides is 3. The monoisotopic (exact) mass is 482 g/mol. The van der Waals surface area contributed by atoms with Gasteiger partial charge in [0.2, 0.25) is 5.91 Å². The molecule has 1 aliphatic rings. The van der Waals surface area contributed by atoms with Gasteiger partial charge in [0.05, 0.1) is 10.7 Å². The Balaban J connectivity index is 1.51. The second-order valence-corrected chi connectivity index (χ2v) is 8.19. The maximum atomic E-state index is 13.4. The number of carbonyl (C=O) groups is 1. The van der Waals surface area contributed by atoms with Crippen LogP contribution in [0.4, 0.5) is 18.9 Å². The Labute approximate surface area is 192 Å². The van der Waals surface area contributed by atoms with Gasteiger partial charge in [0.25, 0.3) is 0 Å². The van der Waals surface area contributed by atoms with Gasteiger partial charge in [0.1, 0.15) is 6.54 Å². The summed E-state index contributed by atoms with van der Waals surface area (Å²) < 4.78 is 41.3. The largest absolute Gasteiger partial charge is 0.436 e. The van der Waals surface area contributed by atoms with Gasteiger partial charge in [0.15, 0.2) is 5.69 Å². The predicted molar refractivity (Wildman–Crippen MR) is 118 cm³/mol. The van der Waals surface area contributed by atoms with Gasteiger partial charge in [-0.15, -0.1) is 0 Å². The van der Waals surface area contributed by atoms with Crippen molar-refractivity contribution in [1.82, 2.24) is 14.7 Å². The number of halogens is 5. The summed E-state index contributed by atoms with van der Waals surface area (Å²) in [5.41, 5.74) is 0.341. The van der Waals surface area contributed by atoms with E-state index >= 15 is 0 Å². The molecule has 0 bridgehead atoms. The van der Waals surface area contributed by atoms with E-state index in [4.69, 9.17) is 23.2 Å². The highest BCUT2D eigenvalue weighted by molar-refractivity contribution is 6.33. The Morgan fingerprint density at radius 2 is 1.56 bits per heavy atom. The molecular formula is C22H19Cl2F3N4O. The van der Waals surface area contributed by atoms with Crippen molar-refractivity contribution in [2.24, 2.45) is 0 Å². The number of carbonyl (C=O) groups excluding carboxylic acids is 1. The second-order valence-electron chi connectivity index (χ2n) is 7.38. The predicted octanol–water partition coefficient (Wildman–Crippen LogP) is 5.22. The number of rotatable bonds is 4. The third-order valence-electron chi connectivity index (χ3n) is 5.32. The molecule has 0 aliphatic carbocycles. The van der Waals surface area contributed by atoms with Gasteiger partial charge in [-0.05, 0) is 24.3 Å². The van der Waals surface area contributed by atoms with Crippen molar-refractivity contribution in [2.45, 2.75) is 12.7 Å². The summed E-state index contributed by atoms with van der Waals surface area (Å²) in [7, 11) is 0. The van der Waals surface area contributed by atoms with Crippen LogP contribution in [0.25, 0.3) is 11.3 Å². The zero-order valence-electron chi connectivity index (χ0n) is 16.8. The van der Waals surface area contributed by atoms with E-state index in [9.17, 15) is 18.0 Å². The Bertz CT molecular complexity index is 1090. The minimum atomic E-state index is -4.72. The first-order valence-electron chi connectivity index (χ1n) is 9.91. The lowest BCUT2D eigenvalue weighted by molar-refractivity contribution is -0.142. The molecule has 0 saturated carbocycles. The van der Waals surface area contributed by atoms with Crippen molar-refractivity contribution in [2.75, 3.05) is 31.1 Å². The van der Waals surface area contributed by atoms with E-state index in [-0.39, 0.29) is 18.1 Å². The molecule has 1 aliphatic heterocycles. The van der Waals surface area contributed by atoms with E-state index in [1.54, 1.807) is 47.4 Å². The van der Waals surface area contributed by atoms with Gasteiger partial charge in [-0.3, -0.25) is 9.48 Å². The van der Waals surface area contributed by atoms with Crippen LogP contribution in [0.5, 0.6) is 0 Å². The summed E-state index contributed by atoms with van der Waals surface area (Å²) in [5, 5.41) is 3.79. The quantitative estimate of drug-likeness (QED) is 0.511. The smallest absolute Gasteiger partial charge is 0.368 e. The molecule has 0 spiro atoms. The van der Waals surface area contributed by atoms with Crippen LogP contribution >= 0.6 is 23.2 Å². The molecule has 0 N–H and O–H groups in total. The Morgan fingerprint density at radius 1 is 0.938 bits per heavy atom. The fourth-order valence-corrected chi connectivity index (χ4v) is 4.18. The third-order valence-corrected chi connectivity index (χ3v) is 5.93. The van der Waals surface area contributed by atoms with Crippen LogP contribution in [0.2, 0.25) is 10.0 Å². The van der Waals surface area contributed by atoms with Crippen LogP contribution < -0.4 is 4.90 Å². The molecule has 10 heteroatoms. The van der Waals surface area contributed by atoms with Crippen molar-refractivity contribution < 1.29 is 18.0 Å². The first-order chi connectivity index (χ1) is 15.2. The standard InChI is InChI=1S/C22H19Cl2F3N4O/c23-16-6-8-17(9-7-16)29-10-12-30(13-11-29)18(32)14-31-20(15-4-2-1-3-5-15)19(24)21(28-31)22(25,26)27/h1-9H,10-14H2. The Morgan fingerprint density at radius 3 is 2.16 bits per heavy atom. The summed E-state index contributed by atoms with van der Waals surface area (Å²) in [6.07, 6.45) is -4.72. The van der Waals surface area contributed by atoms with Gasteiger partial charge < -0.3 is 9.80 Å². The topological polar surface area (TPSA) is 41.4 Å². The van der Waals surface area contributed by atoms with Crippen LogP contribution in [0, 0.1) is 0 Å².